The van der Waals surface area contributed by atoms with Crippen LogP contribution in [0.1, 0.15) is 59.4 Å². The number of hydrogen-bond acceptors (Lipinski definition) is 7. The summed E-state index contributed by atoms with van der Waals surface area (Å²) in [6, 6.07) is 8.79. The van der Waals surface area contributed by atoms with E-state index in [-0.39, 0.29) is 11.9 Å². The van der Waals surface area contributed by atoms with Gasteiger partial charge in [-0.3, -0.25) is 9.59 Å². The second-order valence-electron chi connectivity index (χ2n) is 9.80. The number of nitrogens with zero attached hydrogens (tertiary/aromatic N) is 2. The third-order valence-corrected chi connectivity index (χ3v) is 5.84. The minimum Gasteiger partial charge on any atom is -0.466 e. The summed E-state index contributed by atoms with van der Waals surface area (Å²) in [7, 11) is 0. The smallest absolute Gasteiger partial charge is 0.312 e. The highest BCUT2D eigenvalue weighted by Gasteiger charge is 2.30. The molecule has 204 valence electrons. The molecule has 10 heteroatoms. The molecule has 8 nitrogen and oxygen atoms in total. The molecule has 0 fully saturated rings. The highest BCUT2D eigenvalue weighted by atomic mass is 35.5. The zero-order chi connectivity index (χ0) is 28.5. The zero-order valence-electron chi connectivity index (χ0n) is 22.6. The lowest BCUT2D eigenvalue weighted by atomic mass is 9.88. The number of halogens is 2. The van der Waals surface area contributed by atoms with E-state index in [1.165, 1.54) is 0 Å². The lowest BCUT2D eigenvalue weighted by Crippen LogP contribution is -2.29. The molecule has 0 radical (unpaired) electrons. The van der Waals surface area contributed by atoms with E-state index >= 15 is 0 Å². The van der Waals surface area contributed by atoms with Crippen LogP contribution in [0.25, 0.3) is 11.0 Å². The van der Waals surface area contributed by atoms with Crippen molar-refractivity contribution in [2.24, 2.45) is 10.8 Å². The van der Waals surface area contributed by atoms with Crippen LogP contribution in [0.15, 0.2) is 30.3 Å². The number of nitrogens with two attached hydrogens (primary N) is 1. The number of anilines is 1. The number of hydrogen-bond donors (Lipinski definition) is 2. The number of carbonyl (C=O) groups is 2. The van der Waals surface area contributed by atoms with Gasteiger partial charge in [-0.15, -0.1) is 0 Å². The number of fused-ring (bicyclic) bond motifs is 1. The first-order chi connectivity index (χ1) is 17.8. The molecule has 3 aromatic rings. The Kier molecular flexibility index (Phi) is 11.0. The van der Waals surface area contributed by atoms with Crippen LogP contribution in [-0.4, -0.2) is 40.1 Å². The molecule has 0 unspecified atom stereocenters. The predicted molar refractivity (Wildman–Crippen MR) is 151 cm³/mol. The predicted octanol–water partition coefficient (Wildman–Crippen LogP) is 6.00. The average Bonchev–Trinajstić information content (AvgIpc) is 3.22. The van der Waals surface area contributed by atoms with Gasteiger partial charge in [0.25, 0.3) is 0 Å². The topological polar surface area (TPSA) is 120 Å². The fourth-order valence-electron chi connectivity index (χ4n) is 3.30. The number of ether oxygens (including phenoxy) is 2. The van der Waals surface area contributed by atoms with Crippen LogP contribution >= 0.6 is 23.2 Å². The SMILES string of the molecule is CCOC(=O)C(C)(C)CC#Cc1nc(Cl)ccc1N.CCOC(=O)C(C)(C)Cc1cc2nc(Cl)ccc2[nH]1. The first kappa shape index (κ1) is 30.9. The van der Waals surface area contributed by atoms with E-state index in [0.717, 1.165) is 16.7 Å². The molecule has 0 saturated heterocycles. The summed E-state index contributed by atoms with van der Waals surface area (Å²) in [4.78, 5) is 35.0. The highest BCUT2D eigenvalue weighted by Crippen LogP contribution is 2.26. The van der Waals surface area contributed by atoms with Crippen molar-refractivity contribution in [1.82, 2.24) is 15.0 Å². The normalized spacial score (nSPS) is 11.2. The van der Waals surface area contributed by atoms with E-state index in [0.29, 0.717) is 47.7 Å². The van der Waals surface area contributed by atoms with Crippen molar-refractivity contribution in [2.45, 2.75) is 54.4 Å². The quantitative estimate of drug-likeness (QED) is 0.206. The average molecular weight is 562 g/mol. The van der Waals surface area contributed by atoms with Crippen molar-refractivity contribution in [1.29, 1.82) is 0 Å². The molecular formula is C28H34Cl2N4O4. The highest BCUT2D eigenvalue weighted by molar-refractivity contribution is 6.30. The Morgan fingerprint density at radius 3 is 2.16 bits per heavy atom. The van der Waals surface area contributed by atoms with Crippen LogP contribution in [0.4, 0.5) is 5.69 Å². The molecule has 3 heterocycles. The number of carbonyl (C=O) groups excluding carboxylic acids is 2. The molecule has 0 aliphatic carbocycles. The van der Waals surface area contributed by atoms with Gasteiger partial charge in [0.1, 0.15) is 16.0 Å². The Labute approximate surface area is 233 Å². The van der Waals surface area contributed by atoms with Crippen molar-refractivity contribution in [3.8, 4) is 11.8 Å². The fraction of sp³-hybridized carbons (Fsp3) is 0.429. The number of H-pyrrole nitrogens is 1. The standard InChI is InChI=1S/2C14H17ClN2O2/c1-4-19-13(18)14(2,3)8-9-7-11-10(16-9)5-6-12(15)17-11;1-4-19-13(18)14(2,3)9-5-6-11-10(16)7-8-12(15)17-11/h5-7,16H,4,8H2,1-3H3;7-8H,4,9,16H2,1-3H3. The van der Waals surface area contributed by atoms with Gasteiger partial charge in [0.15, 0.2) is 0 Å². The van der Waals surface area contributed by atoms with E-state index in [2.05, 4.69) is 26.8 Å². The number of aromatic amines is 1. The first-order valence-corrected chi connectivity index (χ1v) is 12.9. The molecule has 0 bridgehead atoms. The summed E-state index contributed by atoms with van der Waals surface area (Å²) < 4.78 is 10.1. The molecule has 3 aromatic heterocycles. The molecule has 3 N–H and O–H groups in total. The van der Waals surface area contributed by atoms with Gasteiger partial charge in [0.2, 0.25) is 0 Å². The number of esters is 2. The maximum absolute atomic E-state index is 11.9. The van der Waals surface area contributed by atoms with E-state index in [1.807, 2.05) is 32.9 Å². The van der Waals surface area contributed by atoms with Gasteiger partial charge in [-0.1, -0.05) is 29.1 Å². The van der Waals surface area contributed by atoms with E-state index in [9.17, 15) is 9.59 Å². The number of rotatable bonds is 7. The largest absolute Gasteiger partial charge is 0.466 e. The monoisotopic (exact) mass is 560 g/mol. The number of nitrogens with one attached hydrogen (secondary N) is 1. The van der Waals surface area contributed by atoms with Gasteiger partial charge in [0.05, 0.1) is 40.8 Å². The summed E-state index contributed by atoms with van der Waals surface area (Å²) in [5.41, 5.74) is 8.06. The van der Waals surface area contributed by atoms with Gasteiger partial charge in [-0.05, 0) is 77.8 Å². The molecule has 0 aromatic carbocycles. The lowest BCUT2D eigenvalue weighted by molar-refractivity contribution is -0.154. The van der Waals surface area contributed by atoms with Crippen LogP contribution in [-0.2, 0) is 25.5 Å². The van der Waals surface area contributed by atoms with Gasteiger partial charge >= 0.3 is 11.9 Å². The molecule has 3 rings (SSSR count). The lowest BCUT2D eigenvalue weighted by Gasteiger charge is -2.21. The van der Waals surface area contributed by atoms with Gasteiger partial charge in [0, 0.05) is 18.5 Å². The van der Waals surface area contributed by atoms with Crippen LogP contribution in [0.2, 0.25) is 10.3 Å². The van der Waals surface area contributed by atoms with Crippen LogP contribution < -0.4 is 5.73 Å². The third kappa shape index (κ3) is 8.93. The molecular weight excluding hydrogens is 527 g/mol. The summed E-state index contributed by atoms with van der Waals surface area (Å²) in [6.45, 7) is 11.7. The third-order valence-electron chi connectivity index (χ3n) is 5.41. The van der Waals surface area contributed by atoms with Crippen LogP contribution in [0, 0.1) is 22.7 Å². The van der Waals surface area contributed by atoms with Crippen molar-refractivity contribution in [3.63, 3.8) is 0 Å². The summed E-state index contributed by atoms with van der Waals surface area (Å²) in [6.07, 6.45) is 0.930. The van der Waals surface area contributed by atoms with Gasteiger partial charge < -0.3 is 20.2 Å². The Bertz CT molecular complexity index is 1340. The first-order valence-electron chi connectivity index (χ1n) is 12.2. The molecule has 0 spiro atoms. The summed E-state index contributed by atoms with van der Waals surface area (Å²) in [5, 5.41) is 0.797. The Balaban J connectivity index is 0.000000267. The van der Waals surface area contributed by atoms with E-state index < -0.39 is 10.8 Å². The molecule has 0 atom stereocenters. The maximum Gasteiger partial charge on any atom is 0.312 e. The fourth-order valence-corrected chi connectivity index (χ4v) is 3.61. The molecule has 38 heavy (non-hydrogen) atoms. The van der Waals surface area contributed by atoms with Crippen LogP contribution in [0.3, 0.4) is 0 Å². The molecule has 0 aliphatic rings. The van der Waals surface area contributed by atoms with Crippen LogP contribution in [0.5, 0.6) is 0 Å². The minimum atomic E-state index is -0.656. The van der Waals surface area contributed by atoms with Crippen molar-refractivity contribution in [2.75, 3.05) is 18.9 Å². The second-order valence-corrected chi connectivity index (χ2v) is 10.6. The number of nitrogen functional groups attached to an aromatic ring is 1. The van der Waals surface area contributed by atoms with Crippen molar-refractivity contribution < 1.29 is 19.1 Å². The number of pyridine rings is 2. The zero-order valence-corrected chi connectivity index (χ0v) is 24.1. The van der Waals surface area contributed by atoms with Gasteiger partial charge in [-0.2, -0.15) is 0 Å². The van der Waals surface area contributed by atoms with Gasteiger partial charge in [-0.25, -0.2) is 9.97 Å². The van der Waals surface area contributed by atoms with E-state index in [1.54, 1.807) is 39.0 Å². The molecule has 0 amide bonds. The summed E-state index contributed by atoms with van der Waals surface area (Å²) in [5.74, 6) is 5.26. The summed E-state index contributed by atoms with van der Waals surface area (Å²) >= 11 is 11.6. The molecule has 0 aliphatic heterocycles. The Morgan fingerprint density at radius 1 is 0.947 bits per heavy atom. The maximum atomic E-state index is 11.9. The van der Waals surface area contributed by atoms with Crippen molar-refractivity contribution in [3.05, 3.63) is 52.0 Å². The number of aromatic nitrogens is 3. The Hall–Kier alpha value is -3.28. The Morgan fingerprint density at radius 2 is 1.53 bits per heavy atom. The molecule has 0 saturated carbocycles. The second kappa shape index (κ2) is 13.5. The van der Waals surface area contributed by atoms with Crippen molar-refractivity contribution >= 4 is 51.9 Å². The van der Waals surface area contributed by atoms with E-state index in [4.69, 9.17) is 38.4 Å². The minimum absolute atomic E-state index is 0.195.